The first kappa shape index (κ1) is 23.4. The highest BCUT2D eigenvalue weighted by atomic mass is 16.6. The van der Waals surface area contributed by atoms with Crippen LogP contribution in [0.3, 0.4) is 0 Å². The van der Waals surface area contributed by atoms with Crippen LogP contribution in [0.5, 0.6) is 0 Å². The van der Waals surface area contributed by atoms with Crippen LogP contribution in [-0.2, 0) is 9.53 Å². The topological polar surface area (TPSA) is 92.7 Å². The van der Waals surface area contributed by atoms with E-state index in [4.69, 9.17) is 4.74 Å². The predicted molar refractivity (Wildman–Crippen MR) is 122 cm³/mol. The summed E-state index contributed by atoms with van der Waals surface area (Å²) >= 11 is 0. The van der Waals surface area contributed by atoms with Gasteiger partial charge in [-0.1, -0.05) is 0 Å². The lowest BCUT2D eigenvalue weighted by molar-refractivity contribution is -0.120. The third kappa shape index (κ3) is 6.87. The zero-order valence-electron chi connectivity index (χ0n) is 19.0. The van der Waals surface area contributed by atoms with E-state index < -0.39 is 11.7 Å². The summed E-state index contributed by atoms with van der Waals surface area (Å²) in [5.41, 5.74) is 1.10. The maximum Gasteiger partial charge on any atom is 0.408 e. The van der Waals surface area contributed by atoms with Gasteiger partial charge in [0, 0.05) is 43.3 Å². The Labute approximate surface area is 188 Å². The number of aromatic nitrogens is 1. The van der Waals surface area contributed by atoms with Crippen molar-refractivity contribution in [3.8, 4) is 5.69 Å². The molecule has 1 saturated heterocycles. The van der Waals surface area contributed by atoms with Crippen LogP contribution in [0.15, 0.2) is 48.8 Å². The van der Waals surface area contributed by atoms with Gasteiger partial charge in [0.05, 0.1) is 6.54 Å². The van der Waals surface area contributed by atoms with Crippen LogP contribution in [0.1, 0.15) is 44.0 Å². The highest BCUT2D eigenvalue weighted by Crippen LogP contribution is 2.19. The van der Waals surface area contributed by atoms with E-state index in [1.54, 1.807) is 20.8 Å². The number of nitrogens with one attached hydrogen (secondary N) is 2. The van der Waals surface area contributed by atoms with Gasteiger partial charge in [0.1, 0.15) is 5.60 Å². The lowest BCUT2D eigenvalue weighted by Crippen LogP contribution is -2.44. The van der Waals surface area contributed by atoms with Crippen molar-refractivity contribution in [2.24, 2.45) is 5.92 Å². The maximum absolute atomic E-state index is 12.8. The van der Waals surface area contributed by atoms with Crippen LogP contribution < -0.4 is 10.6 Å². The summed E-state index contributed by atoms with van der Waals surface area (Å²) in [6, 6.07) is 11.5. The molecule has 8 heteroatoms. The fourth-order valence-corrected chi connectivity index (χ4v) is 3.59. The van der Waals surface area contributed by atoms with Crippen LogP contribution in [-0.4, -0.2) is 59.2 Å². The number of nitrogens with zero attached hydrogens (tertiary/aromatic N) is 2. The Morgan fingerprint density at radius 2 is 1.62 bits per heavy atom. The van der Waals surface area contributed by atoms with Crippen molar-refractivity contribution in [1.82, 2.24) is 20.1 Å². The third-order valence-corrected chi connectivity index (χ3v) is 5.30. The number of carbonyl (C=O) groups is 3. The maximum atomic E-state index is 12.8. The van der Waals surface area contributed by atoms with Crippen LogP contribution in [0, 0.1) is 5.92 Å². The van der Waals surface area contributed by atoms with Gasteiger partial charge in [0.15, 0.2) is 0 Å². The highest BCUT2D eigenvalue weighted by Gasteiger charge is 2.24. The number of hydrogen-bond donors (Lipinski definition) is 2. The molecular weight excluding hydrogens is 408 g/mol. The van der Waals surface area contributed by atoms with E-state index in [1.807, 2.05) is 58.3 Å². The second kappa shape index (κ2) is 10.3. The molecule has 8 nitrogen and oxygen atoms in total. The van der Waals surface area contributed by atoms with Crippen molar-refractivity contribution in [3.05, 3.63) is 54.4 Å². The molecule has 1 aliphatic heterocycles. The first-order valence-electron chi connectivity index (χ1n) is 11.0. The lowest BCUT2D eigenvalue weighted by Gasteiger charge is -2.32. The van der Waals surface area contributed by atoms with E-state index in [-0.39, 0.29) is 18.4 Å². The van der Waals surface area contributed by atoms with Crippen molar-refractivity contribution in [1.29, 1.82) is 0 Å². The Balaban J connectivity index is 1.38. The van der Waals surface area contributed by atoms with Gasteiger partial charge in [0.2, 0.25) is 5.91 Å². The number of benzene rings is 1. The minimum atomic E-state index is -0.610. The number of ether oxygens (including phenoxy) is 1. The monoisotopic (exact) mass is 440 g/mol. The molecule has 2 heterocycles. The molecule has 0 radical (unpaired) electrons. The van der Waals surface area contributed by atoms with Gasteiger partial charge in [-0.05, 0) is 75.9 Å². The van der Waals surface area contributed by atoms with Gasteiger partial charge in [0.25, 0.3) is 5.91 Å². The van der Waals surface area contributed by atoms with E-state index in [0.717, 1.165) is 18.5 Å². The van der Waals surface area contributed by atoms with Gasteiger partial charge in [-0.2, -0.15) is 0 Å². The van der Waals surface area contributed by atoms with Gasteiger partial charge >= 0.3 is 6.09 Å². The molecule has 0 saturated carbocycles. The molecule has 0 aliphatic carbocycles. The molecule has 32 heavy (non-hydrogen) atoms. The quantitative estimate of drug-likeness (QED) is 0.722. The smallest absolute Gasteiger partial charge is 0.408 e. The summed E-state index contributed by atoms with van der Waals surface area (Å²) < 4.78 is 7.11. The predicted octanol–water partition coefficient (Wildman–Crippen LogP) is 2.97. The van der Waals surface area contributed by atoms with Gasteiger partial charge in [-0.3, -0.25) is 9.59 Å². The summed E-state index contributed by atoms with van der Waals surface area (Å²) in [5, 5.41) is 5.30. The molecule has 3 rings (SSSR count). The molecule has 1 aromatic heterocycles. The van der Waals surface area contributed by atoms with Crippen LogP contribution in [0.4, 0.5) is 4.79 Å². The van der Waals surface area contributed by atoms with Gasteiger partial charge in [-0.25, -0.2) is 4.79 Å². The van der Waals surface area contributed by atoms with Crippen molar-refractivity contribution in [2.45, 2.75) is 39.2 Å². The Hall–Kier alpha value is -3.29. The standard InChI is InChI=1S/C24H32N4O4/c1-24(2,3)32-23(31)26-17-21(29)25-16-18-10-14-28(15-11-18)22(30)19-6-8-20(9-7-19)27-12-4-5-13-27/h4-9,12-13,18H,10-11,14-17H2,1-3H3,(H,25,29)(H,26,31). The van der Waals surface area contributed by atoms with E-state index in [1.165, 1.54) is 0 Å². The Morgan fingerprint density at radius 1 is 1.00 bits per heavy atom. The fourth-order valence-electron chi connectivity index (χ4n) is 3.59. The number of carbonyl (C=O) groups excluding carboxylic acids is 3. The second-order valence-corrected chi connectivity index (χ2v) is 9.03. The molecule has 0 unspecified atom stereocenters. The minimum Gasteiger partial charge on any atom is -0.444 e. The largest absolute Gasteiger partial charge is 0.444 e. The van der Waals surface area contributed by atoms with E-state index >= 15 is 0 Å². The van der Waals surface area contributed by atoms with E-state index in [9.17, 15) is 14.4 Å². The summed E-state index contributed by atoms with van der Waals surface area (Å²) in [7, 11) is 0. The summed E-state index contributed by atoms with van der Waals surface area (Å²) in [6.45, 7) is 7.03. The molecule has 3 amide bonds. The molecule has 172 valence electrons. The fraction of sp³-hybridized carbons (Fsp3) is 0.458. The number of piperidine rings is 1. The molecule has 2 aromatic rings. The summed E-state index contributed by atoms with van der Waals surface area (Å²) in [5.74, 6) is 0.0888. The molecule has 0 atom stereocenters. The third-order valence-electron chi connectivity index (χ3n) is 5.30. The van der Waals surface area contributed by atoms with E-state index in [0.29, 0.717) is 31.1 Å². The van der Waals surface area contributed by atoms with Crippen LogP contribution in [0.2, 0.25) is 0 Å². The summed E-state index contributed by atoms with van der Waals surface area (Å²) in [4.78, 5) is 38.3. The number of amides is 3. The zero-order chi connectivity index (χ0) is 23.1. The molecule has 1 fully saturated rings. The van der Waals surface area contributed by atoms with Gasteiger partial charge < -0.3 is 24.8 Å². The highest BCUT2D eigenvalue weighted by molar-refractivity contribution is 5.94. The number of hydrogen-bond acceptors (Lipinski definition) is 4. The van der Waals surface area contributed by atoms with Crippen LogP contribution >= 0.6 is 0 Å². The Bertz CT molecular complexity index is 908. The van der Waals surface area contributed by atoms with E-state index in [2.05, 4.69) is 10.6 Å². The minimum absolute atomic E-state index is 0.0353. The molecule has 1 aromatic carbocycles. The lowest BCUT2D eigenvalue weighted by atomic mass is 9.96. The Morgan fingerprint density at radius 3 is 2.22 bits per heavy atom. The molecular formula is C24H32N4O4. The normalized spacial score (nSPS) is 14.7. The SMILES string of the molecule is CC(C)(C)OC(=O)NCC(=O)NCC1CCN(C(=O)c2ccc(-n3cccc3)cc2)CC1. The van der Waals surface area contributed by atoms with Crippen molar-refractivity contribution < 1.29 is 19.1 Å². The number of alkyl carbamates (subject to hydrolysis) is 1. The van der Waals surface area contributed by atoms with Crippen molar-refractivity contribution >= 4 is 17.9 Å². The molecule has 2 N–H and O–H groups in total. The van der Waals surface area contributed by atoms with Crippen LogP contribution in [0.25, 0.3) is 5.69 Å². The van der Waals surface area contributed by atoms with Crippen molar-refractivity contribution in [2.75, 3.05) is 26.2 Å². The average Bonchev–Trinajstić information content (AvgIpc) is 3.30. The zero-order valence-corrected chi connectivity index (χ0v) is 19.0. The molecule has 0 bridgehead atoms. The average molecular weight is 441 g/mol. The summed E-state index contributed by atoms with van der Waals surface area (Å²) in [6.07, 6.45) is 4.97. The number of rotatable bonds is 6. The number of likely N-dealkylation sites (tertiary alicyclic amines) is 1. The first-order chi connectivity index (χ1) is 15.2. The molecule has 1 aliphatic rings. The van der Waals surface area contributed by atoms with Gasteiger partial charge in [-0.15, -0.1) is 0 Å². The molecule has 0 spiro atoms. The second-order valence-electron chi connectivity index (χ2n) is 9.03. The first-order valence-corrected chi connectivity index (χ1v) is 11.0. The van der Waals surface area contributed by atoms with Crippen molar-refractivity contribution in [3.63, 3.8) is 0 Å². The Kier molecular flexibility index (Phi) is 7.56.